The monoisotopic (exact) mass is 378 g/mol. The molecule has 0 unspecified atom stereocenters. The Morgan fingerprint density at radius 1 is 1.32 bits per heavy atom. The average molecular weight is 380 g/mol. The maximum absolute atomic E-state index is 13.4. The SMILES string of the molecule is CC(C)(N)CNS(=O)(=O)c1cc(Br)c(F)cc1F.Cl. The number of rotatable bonds is 4. The van der Waals surface area contributed by atoms with Gasteiger partial charge in [0.1, 0.15) is 16.5 Å². The van der Waals surface area contributed by atoms with E-state index < -0.39 is 32.1 Å². The van der Waals surface area contributed by atoms with Gasteiger partial charge in [-0.15, -0.1) is 12.4 Å². The van der Waals surface area contributed by atoms with Crippen molar-refractivity contribution in [3.63, 3.8) is 0 Å². The zero-order valence-electron chi connectivity index (χ0n) is 10.2. The van der Waals surface area contributed by atoms with Gasteiger partial charge in [0.2, 0.25) is 10.0 Å². The van der Waals surface area contributed by atoms with E-state index in [1.165, 1.54) is 0 Å². The fourth-order valence-electron chi connectivity index (χ4n) is 1.07. The lowest BCUT2D eigenvalue weighted by molar-refractivity contribution is 0.493. The third kappa shape index (κ3) is 5.31. The second-order valence-electron chi connectivity index (χ2n) is 4.51. The average Bonchev–Trinajstić information content (AvgIpc) is 2.19. The van der Waals surface area contributed by atoms with Crippen LogP contribution in [0.3, 0.4) is 0 Å². The molecule has 0 bridgehead atoms. The molecule has 110 valence electrons. The van der Waals surface area contributed by atoms with Crippen molar-refractivity contribution in [3.05, 3.63) is 28.2 Å². The summed E-state index contributed by atoms with van der Waals surface area (Å²) in [7, 11) is -4.07. The predicted octanol–water partition coefficient (Wildman–Crippen LogP) is 2.16. The van der Waals surface area contributed by atoms with E-state index in [1.54, 1.807) is 13.8 Å². The molecule has 1 aromatic rings. The first-order valence-corrected chi connectivity index (χ1v) is 7.24. The molecular formula is C10H14BrClF2N2O2S. The first-order chi connectivity index (χ1) is 8.03. The Morgan fingerprint density at radius 3 is 2.32 bits per heavy atom. The highest BCUT2D eigenvalue weighted by Crippen LogP contribution is 2.23. The molecule has 3 N–H and O–H groups in total. The standard InChI is InChI=1S/C10H13BrF2N2O2S.ClH/c1-10(2,14)5-15-18(16,17)9-3-6(11)7(12)4-8(9)13;/h3-4,15H,5,14H2,1-2H3;1H. The number of benzene rings is 1. The Hall–Kier alpha value is -0.280. The first-order valence-electron chi connectivity index (χ1n) is 4.96. The number of sulfonamides is 1. The topological polar surface area (TPSA) is 72.2 Å². The van der Waals surface area contributed by atoms with Gasteiger partial charge >= 0.3 is 0 Å². The van der Waals surface area contributed by atoms with Crippen LogP contribution in [0.4, 0.5) is 8.78 Å². The smallest absolute Gasteiger partial charge is 0.243 e. The summed E-state index contributed by atoms with van der Waals surface area (Å²) in [4.78, 5) is -0.625. The van der Waals surface area contributed by atoms with Crippen molar-refractivity contribution < 1.29 is 17.2 Å². The van der Waals surface area contributed by atoms with Crippen molar-refractivity contribution in [2.45, 2.75) is 24.3 Å². The minimum absolute atomic E-state index is 0. The molecule has 0 atom stereocenters. The van der Waals surface area contributed by atoms with Crippen LogP contribution >= 0.6 is 28.3 Å². The van der Waals surface area contributed by atoms with E-state index in [0.717, 1.165) is 6.07 Å². The van der Waals surface area contributed by atoms with E-state index in [9.17, 15) is 17.2 Å². The van der Waals surface area contributed by atoms with Crippen LogP contribution in [-0.2, 0) is 10.0 Å². The molecule has 0 aliphatic heterocycles. The largest absolute Gasteiger partial charge is 0.324 e. The van der Waals surface area contributed by atoms with E-state index in [2.05, 4.69) is 20.7 Å². The molecule has 0 heterocycles. The van der Waals surface area contributed by atoms with Gasteiger partial charge in [0, 0.05) is 18.2 Å². The highest BCUT2D eigenvalue weighted by molar-refractivity contribution is 9.10. The van der Waals surface area contributed by atoms with Gasteiger partial charge in [-0.05, 0) is 35.8 Å². The Balaban J connectivity index is 0.00000324. The van der Waals surface area contributed by atoms with E-state index in [1.807, 2.05) is 0 Å². The van der Waals surface area contributed by atoms with E-state index in [0.29, 0.717) is 6.07 Å². The zero-order valence-corrected chi connectivity index (χ0v) is 13.4. The molecule has 0 aromatic heterocycles. The van der Waals surface area contributed by atoms with E-state index in [-0.39, 0.29) is 23.4 Å². The van der Waals surface area contributed by atoms with E-state index >= 15 is 0 Å². The summed E-state index contributed by atoms with van der Waals surface area (Å²) >= 11 is 2.80. The fourth-order valence-corrected chi connectivity index (χ4v) is 2.87. The van der Waals surface area contributed by atoms with Gasteiger partial charge < -0.3 is 5.73 Å². The van der Waals surface area contributed by atoms with Crippen LogP contribution in [0.2, 0.25) is 0 Å². The summed E-state index contributed by atoms with van der Waals surface area (Å²) in [5.41, 5.74) is 4.85. The molecule has 0 aliphatic carbocycles. The Morgan fingerprint density at radius 2 is 1.84 bits per heavy atom. The molecule has 0 spiro atoms. The molecular weight excluding hydrogens is 366 g/mol. The van der Waals surface area contributed by atoms with Gasteiger partial charge in [-0.25, -0.2) is 21.9 Å². The normalized spacial score (nSPS) is 12.1. The number of nitrogens with two attached hydrogens (primary N) is 1. The lowest BCUT2D eigenvalue weighted by atomic mass is 10.1. The van der Waals surface area contributed by atoms with Crippen molar-refractivity contribution >= 4 is 38.4 Å². The van der Waals surface area contributed by atoms with Gasteiger partial charge in [0.25, 0.3) is 0 Å². The summed E-state index contributed by atoms with van der Waals surface area (Å²) in [6.45, 7) is 3.17. The highest BCUT2D eigenvalue weighted by Gasteiger charge is 2.23. The molecule has 1 aromatic carbocycles. The summed E-state index contributed by atoms with van der Waals surface area (Å²) in [5.74, 6) is -2.02. The minimum atomic E-state index is -4.07. The van der Waals surface area contributed by atoms with E-state index in [4.69, 9.17) is 5.73 Å². The molecule has 0 saturated carbocycles. The molecule has 9 heteroatoms. The molecule has 0 saturated heterocycles. The third-order valence-corrected chi connectivity index (χ3v) is 4.01. The van der Waals surface area contributed by atoms with Crippen LogP contribution in [0.15, 0.2) is 21.5 Å². The molecule has 0 amide bonds. The zero-order chi connectivity index (χ0) is 14.1. The van der Waals surface area contributed by atoms with Gasteiger partial charge in [-0.1, -0.05) is 0 Å². The second kappa shape index (κ2) is 6.45. The number of hydrogen-bond donors (Lipinski definition) is 2. The third-order valence-electron chi connectivity index (χ3n) is 1.98. The maximum Gasteiger partial charge on any atom is 0.243 e. The summed E-state index contributed by atoms with van der Waals surface area (Å²) in [6, 6.07) is 1.38. The van der Waals surface area contributed by atoms with Gasteiger partial charge in [0.15, 0.2) is 0 Å². The van der Waals surface area contributed by atoms with Crippen LogP contribution < -0.4 is 10.5 Å². The van der Waals surface area contributed by atoms with Crippen LogP contribution in [0.1, 0.15) is 13.8 Å². The first kappa shape index (κ1) is 18.7. The fraction of sp³-hybridized carbons (Fsp3) is 0.400. The lowest BCUT2D eigenvalue weighted by Crippen LogP contribution is -2.45. The van der Waals surface area contributed by atoms with Crippen LogP contribution in [0.5, 0.6) is 0 Å². The van der Waals surface area contributed by atoms with Crippen molar-refractivity contribution in [2.75, 3.05) is 6.54 Å². The molecule has 1 rings (SSSR count). The summed E-state index contributed by atoms with van der Waals surface area (Å²) in [6.07, 6.45) is 0. The lowest BCUT2D eigenvalue weighted by Gasteiger charge is -2.19. The summed E-state index contributed by atoms with van der Waals surface area (Å²) < 4.78 is 52.1. The van der Waals surface area contributed by atoms with Gasteiger partial charge in [0.05, 0.1) is 4.47 Å². The van der Waals surface area contributed by atoms with Crippen molar-refractivity contribution in [3.8, 4) is 0 Å². The second-order valence-corrected chi connectivity index (χ2v) is 7.10. The minimum Gasteiger partial charge on any atom is -0.324 e. The quantitative estimate of drug-likeness (QED) is 0.788. The Labute approximate surface area is 125 Å². The molecule has 4 nitrogen and oxygen atoms in total. The molecule has 0 fully saturated rings. The van der Waals surface area contributed by atoms with Crippen molar-refractivity contribution in [1.29, 1.82) is 0 Å². The molecule has 0 aliphatic rings. The number of hydrogen-bond acceptors (Lipinski definition) is 3. The molecule has 19 heavy (non-hydrogen) atoms. The maximum atomic E-state index is 13.4. The Bertz CT molecular complexity index is 561. The van der Waals surface area contributed by atoms with Crippen LogP contribution in [0, 0.1) is 11.6 Å². The Kier molecular flexibility index (Phi) is 6.35. The highest BCUT2D eigenvalue weighted by atomic mass is 79.9. The number of nitrogens with one attached hydrogen (secondary N) is 1. The van der Waals surface area contributed by atoms with Gasteiger partial charge in [-0.3, -0.25) is 0 Å². The van der Waals surface area contributed by atoms with Gasteiger partial charge in [-0.2, -0.15) is 0 Å². The van der Waals surface area contributed by atoms with Crippen molar-refractivity contribution in [2.24, 2.45) is 5.73 Å². The predicted molar refractivity (Wildman–Crippen MR) is 74.8 cm³/mol. The summed E-state index contributed by atoms with van der Waals surface area (Å²) in [5, 5.41) is 0. The molecule has 0 radical (unpaired) electrons. The van der Waals surface area contributed by atoms with Crippen LogP contribution in [-0.4, -0.2) is 20.5 Å². The number of halogens is 4. The van der Waals surface area contributed by atoms with Crippen molar-refractivity contribution in [1.82, 2.24) is 4.72 Å². The van der Waals surface area contributed by atoms with Crippen LogP contribution in [0.25, 0.3) is 0 Å².